The highest BCUT2D eigenvalue weighted by atomic mass is 35.5. The van der Waals surface area contributed by atoms with Crippen molar-refractivity contribution in [3.8, 4) is 17.0 Å². The van der Waals surface area contributed by atoms with Crippen LogP contribution >= 0.6 is 22.9 Å². The number of alkyl halides is 3. The molecule has 0 atom stereocenters. The molecule has 1 aromatic heterocycles. The summed E-state index contributed by atoms with van der Waals surface area (Å²) in [5.41, 5.74) is 2.63. The number of carbonyl (C=O) groups excluding carboxylic acids is 1. The summed E-state index contributed by atoms with van der Waals surface area (Å²) in [5.74, 6) is -0.252. The quantitative estimate of drug-likeness (QED) is 0.303. The number of amides is 1. The highest BCUT2D eigenvalue weighted by molar-refractivity contribution is 7.07. The normalized spacial score (nSPS) is 12.1. The van der Waals surface area contributed by atoms with Gasteiger partial charge >= 0.3 is 6.36 Å². The summed E-state index contributed by atoms with van der Waals surface area (Å²) in [7, 11) is 0. The largest absolute Gasteiger partial charge is 0.573 e. The van der Waals surface area contributed by atoms with Crippen molar-refractivity contribution in [2.24, 2.45) is 4.99 Å². The van der Waals surface area contributed by atoms with Gasteiger partial charge in [-0.05, 0) is 67.4 Å². The van der Waals surface area contributed by atoms with Gasteiger partial charge in [0.2, 0.25) is 5.91 Å². The minimum atomic E-state index is -4.73. The van der Waals surface area contributed by atoms with Crippen LogP contribution in [0.5, 0.6) is 5.75 Å². The Morgan fingerprint density at radius 3 is 2.50 bits per heavy atom. The van der Waals surface area contributed by atoms with E-state index in [1.54, 1.807) is 12.1 Å². The number of rotatable bonds is 12. The number of thiazole rings is 1. The topological polar surface area (TPSA) is 67.7 Å². The lowest BCUT2D eigenvalue weighted by Crippen LogP contribution is -2.28. The molecule has 0 aliphatic rings. The number of carbonyl (C=O) groups is 1. The van der Waals surface area contributed by atoms with E-state index in [0.717, 1.165) is 28.0 Å². The molecular formula is C25H28ClF3N4O2S. The molecule has 0 aliphatic heterocycles. The zero-order valence-electron chi connectivity index (χ0n) is 19.8. The molecule has 3 rings (SSSR count). The van der Waals surface area contributed by atoms with Gasteiger partial charge in [0, 0.05) is 36.5 Å². The van der Waals surface area contributed by atoms with E-state index in [1.807, 2.05) is 36.6 Å². The molecule has 0 unspecified atom stereocenters. The van der Waals surface area contributed by atoms with Gasteiger partial charge in [0.25, 0.3) is 0 Å². The van der Waals surface area contributed by atoms with Crippen LogP contribution in [0.1, 0.15) is 25.3 Å². The van der Waals surface area contributed by atoms with E-state index in [0.29, 0.717) is 44.2 Å². The van der Waals surface area contributed by atoms with E-state index in [1.165, 1.54) is 23.5 Å². The highest BCUT2D eigenvalue weighted by Gasteiger charge is 2.31. The molecule has 0 saturated heterocycles. The second-order valence-electron chi connectivity index (χ2n) is 7.88. The number of nitrogens with zero attached hydrogens (tertiary/aromatic N) is 2. The third-order valence-electron chi connectivity index (χ3n) is 5.13. The summed E-state index contributed by atoms with van der Waals surface area (Å²) in [6, 6.07) is 13.3. The molecule has 36 heavy (non-hydrogen) atoms. The maximum absolute atomic E-state index is 12.5. The number of ether oxygens (including phenoxy) is 1. The van der Waals surface area contributed by atoms with Crippen LogP contribution in [-0.4, -0.2) is 36.5 Å². The van der Waals surface area contributed by atoms with E-state index >= 15 is 0 Å². The number of hydrogen-bond donors (Lipinski definition) is 2. The van der Waals surface area contributed by atoms with Gasteiger partial charge in [0.15, 0.2) is 4.80 Å². The lowest BCUT2D eigenvalue weighted by Gasteiger charge is -2.12. The molecule has 1 amide bonds. The Balaban J connectivity index is 1.74. The number of nitrogens with one attached hydrogen (secondary N) is 2. The Hall–Kier alpha value is -2.82. The van der Waals surface area contributed by atoms with Crippen LogP contribution < -0.4 is 20.2 Å². The van der Waals surface area contributed by atoms with Gasteiger partial charge in [0.1, 0.15) is 5.75 Å². The van der Waals surface area contributed by atoms with E-state index in [2.05, 4.69) is 19.9 Å². The fraction of sp³-hybridized carbons (Fsp3) is 0.360. The monoisotopic (exact) mass is 540 g/mol. The molecule has 6 nitrogen and oxygen atoms in total. The van der Waals surface area contributed by atoms with Crippen molar-refractivity contribution in [1.82, 2.24) is 15.2 Å². The second-order valence-corrected chi connectivity index (χ2v) is 9.15. The average Bonchev–Trinajstić information content (AvgIpc) is 3.23. The first-order chi connectivity index (χ1) is 17.2. The smallest absolute Gasteiger partial charge is 0.406 e. The third kappa shape index (κ3) is 9.00. The Kier molecular flexibility index (Phi) is 10.4. The average molecular weight is 541 g/mol. The molecule has 11 heteroatoms. The van der Waals surface area contributed by atoms with Gasteiger partial charge in [-0.3, -0.25) is 9.79 Å². The summed E-state index contributed by atoms with van der Waals surface area (Å²) in [6.07, 6.45) is -3.54. The Bertz CT molecular complexity index is 1180. The van der Waals surface area contributed by atoms with E-state index in [9.17, 15) is 18.0 Å². The first kappa shape index (κ1) is 27.8. The summed E-state index contributed by atoms with van der Waals surface area (Å²) >= 11 is 7.44. The summed E-state index contributed by atoms with van der Waals surface area (Å²) < 4.78 is 43.6. The van der Waals surface area contributed by atoms with Gasteiger partial charge in [-0.15, -0.1) is 24.5 Å². The molecule has 0 aliphatic carbocycles. The predicted molar refractivity (Wildman–Crippen MR) is 136 cm³/mol. The first-order valence-electron chi connectivity index (χ1n) is 11.5. The van der Waals surface area contributed by atoms with E-state index in [-0.39, 0.29) is 11.7 Å². The van der Waals surface area contributed by atoms with Crippen molar-refractivity contribution in [3.63, 3.8) is 0 Å². The number of aromatic nitrogens is 1. The summed E-state index contributed by atoms with van der Waals surface area (Å²) in [5, 5.41) is 8.64. The maximum Gasteiger partial charge on any atom is 0.573 e. The van der Waals surface area contributed by atoms with Crippen molar-refractivity contribution in [2.45, 2.75) is 39.2 Å². The van der Waals surface area contributed by atoms with Crippen molar-refractivity contribution >= 4 is 28.8 Å². The fourth-order valence-corrected chi connectivity index (χ4v) is 4.51. The molecule has 2 aromatic carbocycles. The highest BCUT2D eigenvalue weighted by Crippen LogP contribution is 2.27. The van der Waals surface area contributed by atoms with Gasteiger partial charge in [-0.1, -0.05) is 23.7 Å². The number of halogens is 4. The summed E-state index contributed by atoms with van der Waals surface area (Å²) in [4.78, 5) is 17.1. The second kappa shape index (κ2) is 13.5. The first-order valence-corrected chi connectivity index (χ1v) is 12.8. The molecule has 194 valence electrons. The van der Waals surface area contributed by atoms with Crippen molar-refractivity contribution in [1.29, 1.82) is 0 Å². The van der Waals surface area contributed by atoms with Crippen molar-refractivity contribution < 1.29 is 22.7 Å². The van der Waals surface area contributed by atoms with Crippen LogP contribution in [0.4, 0.5) is 13.2 Å². The van der Waals surface area contributed by atoms with E-state index < -0.39 is 6.36 Å². The molecule has 0 saturated carbocycles. The van der Waals surface area contributed by atoms with Crippen LogP contribution in [-0.2, 0) is 17.9 Å². The van der Waals surface area contributed by atoms with Gasteiger partial charge in [-0.2, -0.15) is 0 Å². The Morgan fingerprint density at radius 1 is 1.11 bits per heavy atom. The Morgan fingerprint density at radius 2 is 1.83 bits per heavy atom. The standard InChI is InChI=1S/C25H28ClF3N4O2S/c1-2-31-23(34)12-14-30-13-3-15-33-22(19-6-10-21(11-7-19)35-25(27,28)29)17-36-24(33)32-16-18-4-8-20(26)9-5-18/h4-11,17,30H,2-3,12-16H2,1H3,(H,31,34). The van der Waals surface area contributed by atoms with E-state index in [4.69, 9.17) is 16.6 Å². The minimum absolute atomic E-state index is 0.0146. The van der Waals surface area contributed by atoms with Gasteiger partial charge in [0.05, 0.1) is 12.2 Å². The van der Waals surface area contributed by atoms with Crippen LogP contribution in [0.15, 0.2) is 58.9 Å². The molecule has 2 N–H and O–H groups in total. The van der Waals surface area contributed by atoms with Crippen LogP contribution in [0, 0.1) is 0 Å². The molecule has 0 spiro atoms. The zero-order valence-corrected chi connectivity index (χ0v) is 21.3. The number of benzene rings is 2. The molecule has 0 bridgehead atoms. The summed E-state index contributed by atoms with van der Waals surface area (Å²) in [6.45, 7) is 4.90. The predicted octanol–water partition coefficient (Wildman–Crippen LogP) is 5.38. The molecule has 0 radical (unpaired) electrons. The Labute approximate surface area is 216 Å². The van der Waals surface area contributed by atoms with Gasteiger partial charge in [-0.25, -0.2) is 0 Å². The lowest BCUT2D eigenvalue weighted by atomic mass is 10.1. The molecule has 0 fully saturated rings. The zero-order chi connectivity index (χ0) is 26.0. The third-order valence-corrected chi connectivity index (χ3v) is 6.28. The maximum atomic E-state index is 12.5. The number of hydrogen-bond acceptors (Lipinski definition) is 5. The molecular weight excluding hydrogens is 513 g/mol. The fourth-order valence-electron chi connectivity index (χ4n) is 3.45. The van der Waals surface area contributed by atoms with Gasteiger partial charge < -0.3 is 19.9 Å². The minimum Gasteiger partial charge on any atom is -0.406 e. The molecule has 3 aromatic rings. The van der Waals surface area contributed by atoms with Crippen molar-refractivity contribution in [3.05, 3.63) is 69.3 Å². The van der Waals surface area contributed by atoms with Crippen LogP contribution in [0.25, 0.3) is 11.3 Å². The lowest BCUT2D eigenvalue weighted by molar-refractivity contribution is -0.274. The SMILES string of the molecule is CCNC(=O)CCNCCCn1c(-c2ccc(OC(F)(F)F)cc2)csc1=NCc1ccc(Cl)cc1. The molecule has 1 heterocycles. The van der Waals surface area contributed by atoms with Crippen LogP contribution in [0.2, 0.25) is 5.02 Å². The van der Waals surface area contributed by atoms with Crippen molar-refractivity contribution in [2.75, 3.05) is 19.6 Å². The van der Waals surface area contributed by atoms with Crippen LogP contribution in [0.3, 0.4) is 0 Å².